The molecule has 14 heteroatoms. The Hall–Kier alpha value is -6.21. The third-order valence-corrected chi connectivity index (χ3v) is 8.85. The van der Waals surface area contributed by atoms with Gasteiger partial charge in [-0.15, -0.1) is 4.70 Å². The third kappa shape index (κ3) is 7.24. The van der Waals surface area contributed by atoms with Gasteiger partial charge in [0.25, 0.3) is 11.8 Å². The highest BCUT2D eigenvalue weighted by atomic mass is 35.5. The lowest BCUT2D eigenvalue weighted by Crippen LogP contribution is -2.51. The normalized spacial score (nSPS) is 15.2. The molecule has 51 heavy (non-hydrogen) atoms. The number of aromatic carboxylic acids is 1. The van der Waals surface area contributed by atoms with Gasteiger partial charge in [0.05, 0.1) is 16.1 Å². The smallest absolute Gasteiger partial charge is 0.335 e. The van der Waals surface area contributed by atoms with Crippen LogP contribution in [-0.4, -0.2) is 58.3 Å². The molecule has 1 unspecified atom stereocenters. The maximum Gasteiger partial charge on any atom is 0.335 e. The number of anilines is 1. The number of benzene rings is 4. The van der Waals surface area contributed by atoms with E-state index in [4.69, 9.17) is 22.9 Å². The van der Waals surface area contributed by atoms with Crippen molar-refractivity contribution in [2.24, 2.45) is 11.1 Å². The molecule has 0 aromatic heterocycles. The Bertz CT molecular complexity index is 2120. The summed E-state index contributed by atoms with van der Waals surface area (Å²) in [5.41, 5.74) is 2.91. The van der Waals surface area contributed by atoms with Crippen LogP contribution in [0.3, 0.4) is 0 Å². The van der Waals surface area contributed by atoms with Crippen molar-refractivity contribution in [1.82, 2.24) is 10.2 Å². The second-order valence-corrected chi connectivity index (χ2v) is 12.7. The van der Waals surface area contributed by atoms with E-state index >= 15 is 4.39 Å². The Morgan fingerprint density at radius 3 is 2.31 bits per heavy atom. The molecule has 6 N–H and O–H groups in total. The van der Waals surface area contributed by atoms with Gasteiger partial charge < -0.3 is 20.6 Å². The molecule has 12 nitrogen and oxygen atoms in total. The van der Waals surface area contributed by atoms with Gasteiger partial charge in [-0.05, 0) is 76.9 Å². The van der Waals surface area contributed by atoms with Crippen molar-refractivity contribution in [3.8, 4) is 11.1 Å². The van der Waals surface area contributed by atoms with E-state index in [1.807, 2.05) is 32.0 Å². The number of halogens is 2. The predicted octanol–water partition coefficient (Wildman–Crippen LogP) is 6.29. The summed E-state index contributed by atoms with van der Waals surface area (Å²) in [6, 6.07) is 19.6. The molecule has 0 aliphatic carbocycles. The summed E-state index contributed by atoms with van der Waals surface area (Å²) in [6.45, 7) is 3.94. The van der Waals surface area contributed by atoms with Gasteiger partial charge in [0.1, 0.15) is 11.7 Å². The summed E-state index contributed by atoms with van der Waals surface area (Å²) < 4.78 is 16.2. The van der Waals surface area contributed by atoms with Gasteiger partial charge in [-0.3, -0.25) is 14.4 Å². The van der Waals surface area contributed by atoms with E-state index in [9.17, 15) is 24.3 Å². The molecule has 1 aliphatic heterocycles. The van der Waals surface area contributed by atoms with Crippen LogP contribution in [0, 0.1) is 11.2 Å². The summed E-state index contributed by atoms with van der Waals surface area (Å²) in [7, 11) is 1.55. The van der Waals surface area contributed by atoms with Gasteiger partial charge in [0.15, 0.2) is 5.82 Å². The second kappa shape index (κ2) is 14.7. The van der Waals surface area contributed by atoms with Crippen molar-refractivity contribution in [2.45, 2.75) is 25.3 Å². The number of nitrogens with zero attached hydrogens (tertiary/aromatic N) is 3. The molecule has 4 aromatic carbocycles. The zero-order valence-electron chi connectivity index (χ0n) is 27.8. The van der Waals surface area contributed by atoms with Crippen LogP contribution < -0.4 is 16.5 Å². The lowest BCUT2D eigenvalue weighted by molar-refractivity contribution is -0.384. The van der Waals surface area contributed by atoms with Gasteiger partial charge in [-0.2, -0.15) is 5.41 Å². The highest BCUT2D eigenvalue weighted by Gasteiger charge is 2.44. The van der Waals surface area contributed by atoms with Gasteiger partial charge in [0.2, 0.25) is 12.2 Å². The Morgan fingerprint density at radius 1 is 1.04 bits per heavy atom. The first-order valence-corrected chi connectivity index (χ1v) is 16.0. The molecule has 0 saturated carbocycles. The molecule has 4 aromatic rings. The van der Waals surface area contributed by atoms with E-state index in [1.165, 1.54) is 47.4 Å². The van der Waals surface area contributed by atoms with Crippen LogP contribution in [0.15, 0.2) is 90.2 Å². The highest BCUT2D eigenvalue weighted by molar-refractivity contribution is 6.31. The van der Waals surface area contributed by atoms with E-state index < -0.39 is 35.1 Å². The van der Waals surface area contributed by atoms with Crippen molar-refractivity contribution in [3.63, 3.8) is 0 Å². The van der Waals surface area contributed by atoms with Crippen LogP contribution in [0.4, 0.5) is 15.8 Å². The first kappa shape index (κ1) is 36.1. The molecule has 5 rings (SSSR count). The first-order chi connectivity index (χ1) is 24.3. The molecule has 0 radical (unpaired) electrons. The molecule has 0 bridgehead atoms. The molecule has 1 heterocycles. The predicted molar refractivity (Wildman–Crippen MR) is 191 cm³/mol. The topological polar surface area (TPSA) is 181 Å². The number of rotatable bonds is 9. The van der Waals surface area contributed by atoms with Gasteiger partial charge >= 0.3 is 5.97 Å². The number of fused-ring (bicyclic) bond motifs is 1. The molecular formula is C37H34ClFN7O5+. The fourth-order valence-corrected chi connectivity index (χ4v) is 6.39. The van der Waals surface area contributed by atoms with Crippen LogP contribution in [0.25, 0.3) is 17.2 Å². The van der Waals surface area contributed by atoms with E-state index in [-0.39, 0.29) is 34.3 Å². The average Bonchev–Trinajstić information content (AvgIpc) is 3.12. The van der Waals surface area contributed by atoms with E-state index in [0.717, 1.165) is 33.8 Å². The maximum atomic E-state index is 15.3. The number of nitrogens with two attached hydrogens (primary N) is 1. The number of amides is 3. The zero-order chi connectivity index (χ0) is 37.0. The van der Waals surface area contributed by atoms with Gasteiger partial charge in [-0.1, -0.05) is 55.8 Å². The zero-order valence-corrected chi connectivity index (χ0v) is 28.5. The minimum atomic E-state index is -1.18. The Labute approximate surface area is 297 Å². The monoisotopic (exact) mass is 710 g/mol. The summed E-state index contributed by atoms with van der Waals surface area (Å²) >= 11 is 6.05. The highest BCUT2D eigenvalue weighted by Crippen LogP contribution is 2.45. The van der Waals surface area contributed by atoms with Crippen molar-refractivity contribution >= 4 is 59.1 Å². The number of carbonyl (C=O) groups excluding carboxylic acids is 3. The van der Waals surface area contributed by atoms with Crippen molar-refractivity contribution in [3.05, 3.63) is 124 Å². The van der Waals surface area contributed by atoms with Gasteiger partial charge in [0, 0.05) is 41.6 Å². The standard InChI is InChI=1S/C37H33ClFN7O5/c1-37(2)19-45(30(47)18-15-26-29(46(20-40)44-41)17-16-28(38)32(26)39)33(35(49)43-24-13-11-23(12-14-24)36(50)51)27-6-4-5-25(31(27)37)21-7-9-22(10-8-21)34(48)42-3/h4-18,20,33,40-41H,19H2,1-3H3,(H3,42,43,48,49,50,51)/p+1/b18-15+,40-20?. The fraction of sp³-hybridized carbons (Fsp3) is 0.162. The molecule has 3 amide bonds. The quantitative estimate of drug-likeness (QED) is 0.0259. The van der Waals surface area contributed by atoms with E-state index in [2.05, 4.69) is 15.9 Å². The number of hydrogen-bond donors (Lipinski definition) is 5. The maximum absolute atomic E-state index is 15.3. The van der Waals surface area contributed by atoms with Crippen molar-refractivity contribution < 1.29 is 33.4 Å². The van der Waals surface area contributed by atoms with Crippen LogP contribution in [0.1, 0.15) is 57.3 Å². The van der Waals surface area contributed by atoms with Crippen molar-refractivity contribution in [2.75, 3.05) is 18.9 Å². The number of carboxylic acids is 1. The Balaban J connectivity index is 1.62. The van der Waals surface area contributed by atoms with E-state index in [1.54, 1.807) is 31.3 Å². The fourth-order valence-electron chi connectivity index (χ4n) is 6.23. The van der Waals surface area contributed by atoms with Crippen LogP contribution >= 0.6 is 11.6 Å². The molecule has 0 spiro atoms. The summed E-state index contributed by atoms with van der Waals surface area (Å²) in [5, 5.41) is 25.6. The summed E-state index contributed by atoms with van der Waals surface area (Å²) in [6.07, 6.45) is 3.06. The number of nitrogens with one attached hydrogen (secondary N) is 3. The Kier molecular flexibility index (Phi) is 10.4. The Morgan fingerprint density at radius 2 is 1.71 bits per heavy atom. The summed E-state index contributed by atoms with van der Waals surface area (Å²) in [5.74, 6) is 1.95. The number of carbonyl (C=O) groups is 4. The largest absolute Gasteiger partial charge is 0.478 e. The number of hydrogen-bond acceptors (Lipinski definition) is 6. The minimum Gasteiger partial charge on any atom is -0.478 e. The number of carboxylic acid groups (broad SMARTS) is 1. The van der Waals surface area contributed by atoms with Crippen LogP contribution in [-0.2, 0) is 15.0 Å². The van der Waals surface area contributed by atoms with Crippen molar-refractivity contribution in [1.29, 1.82) is 5.41 Å². The minimum absolute atomic E-state index is 0.0309. The van der Waals surface area contributed by atoms with Crippen LogP contribution in [0.2, 0.25) is 5.02 Å². The first-order valence-electron chi connectivity index (χ1n) is 15.6. The third-order valence-electron chi connectivity index (χ3n) is 8.56. The lowest BCUT2D eigenvalue weighted by Gasteiger charge is -2.45. The molecule has 0 saturated heterocycles. The molecule has 1 atom stereocenters. The second-order valence-electron chi connectivity index (χ2n) is 12.3. The molecule has 0 fully saturated rings. The summed E-state index contributed by atoms with van der Waals surface area (Å²) in [4.78, 5) is 53.4. The molecular weight excluding hydrogens is 677 g/mol. The molecule has 260 valence electrons. The lowest BCUT2D eigenvalue weighted by atomic mass is 9.72. The van der Waals surface area contributed by atoms with E-state index in [0.29, 0.717) is 16.8 Å². The van der Waals surface area contributed by atoms with Gasteiger partial charge in [-0.25, -0.2) is 15.0 Å². The average molecular weight is 711 g/mol. The van der Waals surface area contributed by atoms with Crippen LogP contribution in [0.5, 0.6) is 0 Å². The molecule has 1 aliphatic rings. The SMILES string of the molecule is CNC(=O)c1ccc(-c2cccc3c2C(C)(C)CN(C(=O)/C=C/c2c([N+](C=N)=NN)ccc(Cl)c2F)C3C(=O)Nc2ccc(C(=O)O)cc2)cc1.